The van der Waals surface area contributed by atoms with E-state index >= 15 is 0 Å². The quantitative estimate of drug-likeness (QED) is 0.527. The molecule has 0 radical (unpaired) electrons. The van der Waals surface area contributed by atoms with Gasteiger partial charge in [0.25, 0.3) is 0 Å². The van der Waals surface area contributed by atoms with Crippen LogP contribution in [0, 0.1) is 0 Å². The van der Waals surface area contributed by atoms with Crippen LogP contribution in [0.15, 0.2) is 0 Å². The van der Waals surface area contributed by atoms with Crippen molar-refractivity contribution in [3.63, 3.8) is 0 Å². The molecular weight excluding hydrogens is 234 g/mol. The lowest BCUT2D eigenvalue weighted by atomic mass is 10.2. The Labute approximate surface area is 110 Å². The number of nitrogens with one attached hydrogen (secondary N) is 1. The van der Waals surface area contributed by atoms with Gasteiger partial charge in [0.15, 0.2) is 0 Å². The summed E-state index contributed by atoms with van der Waals surface area (Å²) in [6.45, 7) is 6.35. The summed E-state index contributed by atoms with van der Waals surface area (Å²) in [6, 6.07) is 0. The predicted octanol–water partition coefficient (Wildman–Crippen LogP) is 0.825. The fourth-order valence-corrected chi connectivity index (χ4v) is 1.82. The summed E-state index contributed by atoms with van der Waals surface area (Å²) < 4.78 is 21.2. The number of hydrogen-bond acceptors (Lipinski definition) is 5. The number of ether oxygens (including phenoxy) is 4. The summed E-state index contributed by atoms with van der Waals surface area (Å²) in [5, 5.41) is 3.35. The van der Waals surface area contributed by atoms with Crippen molar-refractivity contribution in [2.45, 2.75) is 25.4 Å². The molecule has 18 heavy (non-hydrogen) atoms. The van der Waals surface area contributed by atoms with Gasteiger partial charge in [0.1, 0.15) is 0 Å². The van der Waals surface area contributed by atoms with Gasteiger partial charge in [-0.05, 0) is 19.3 Å². The first-order valence-corrected chi connectivity index (χ1v) is 6.90. The Hall–Kier alpha value is -0.200. The van der Waals surface area contributed by atoms with Crippen LogP contribution in [-0.2, 0) is 18.9 Å². The van der Waals surface area contributed by atoms with E-state index in [2.05, 4.69) is 5.32 Å². The molecule has 1 saturated heterocycles. The summed E-state index contributed by atoms with van der Waals surface area (Å²) in [5.41, 5.74) is 0. The molecule has 1 fully saturated rings. The molecule has 0 saturated carbocycles. The minimum atomic E-state index is 0.416. The highest BCUT2D eigenvalue weighted by molar-refractivity contribution is 4.66. The number of hydrogen-bond donors (Lipinski definition) is 1. The van der Waals surface area contributed by atoms with Crippen LogP contribution >= 0.6 is 0 Å². The molecule has 0 aromatic heterocycles. The highest BCUT2D eigenvalue weighted by atomic mass is 16.5. The van der Waals surface area contributed by atoms with Gasteiger partial charge < -0.3 is 24.3 Å². The third-order valence-electron chi connectivity index (χ3n) is 2.83. The van der Waals surface area contributed by atoms with Crippen LogP contribution < -0.4 is 5.32 Å². The van der Waals surface area contributed by atoms with E-state index in [-0.39, 0.29) is 0 Å². The lowest BCUT2D eigenvalue weighted by molar-refractivity contribution is 0.0512. The van der Waals surface area contributed by atoms with Crippen molar-refractivity contribution >= 4 is 0 Å². The van der Waals surface area contributed by atoms with E-state index in [0.717, 1.165) is 45.9 Å². The highest BCUT2D eigenvalue weighted by Gasteiger charge is 2.13. The van der Waals surface area contributed by atoms with Crippen LogP contribution in [0.5, 0.6) is 0 Å². The molecule has 1 aliphatic rings. The van der Waals surface area contributed by atoms with E-state index in [1.165, 1.54) is 12.8 Å². The normalized spacial score (nSPS) is 19.5. The van der Waals surface area contributed by atoms with Crippen molar-refractivity contribution in [3.05, 3.63) is 0 Å². The van der Waals surface area contributed by atoms with Gasteiger partial charge in [0.2, 0.25) is 0 Å². The van der Waals surface area contributed by atoms with Crippen LogP contribution in [0.1, 0.15) is 19.3 Å². The van der Waals surface area contributed by atoms with Gasteiger partial charge >= 0.3 is 0 Å². The Bertz CT molecular complexity index is 174. The minimum Gasteiger partial charge on any atom is -0.382 e. The van der Waals surface area contributed by atoms with Gasteiger partial charge in [-0.2, -0.15) is 0 Å². The Morgan fingerprint density at radius 3 is 2.67 bits per heavy atom. The smallest absolute Gasteiger partial charge is 0.0700 e. The Balaban J connectivity index is 1.68. The second-order valence-corrected chi connectivity index (χ2v) is 4.41. The molecule has 0 aliphatic carbocycles. The van der Waals surface area contributed by atoms with Crippen LogP contribution in [0.25, 0.3) is 0 Å². The predicted molar refractivity (Wildman–Crippen MR) is 70.0 cm³/mol. The third kappa shape index (κ3) is 8.83. The summed E-state index contributed by atoms with van der Waals surface area (Å²) in [6.07, 6.45) is 3.74. The molecule has 0 amide bonds. The minimum absolute atomic E-state index is 0.416. The highest BCUT2D eigenvalue weighted by Crippen LogP contribution is 2.10. The zero-order valence-electron chi connectivity index (χ0n) is 11.5. The van der Waals surface area contributed by atoms with Crippen molar-refractivity contribution in [1.29, 1.82) is 0 Å². The fraction of sp³-hybridized carbons (Fsp3) is 1.00. The van der Waals surface area contributed by atoms with E-state index in [4.69, 9.17) is 18.9 Å². The summed E-state index contributed by atoms with van der Waals surface area (Å²) in [7, 11) is 1.68. The zero-order chi connectivity index (χ0) is 12.9. The summed E-state index contributed by atoms with van der Waals surface area (Å²) in [5.74, 6) is 0. The van der Waals surface area contributed by atoms with Gasteiger partial charge in [-0.1, -0.05) is 0 Å². The zero-order valence-corrected chi connectivity index (χ0v) is 11.5. The Morgan fingerprint density at radius 2 is 1.94 bits per heavy atom. The lowest BCUT2D eigenvalue weighted by Gasteiger charge is -2.10. The fourth-order valence-electron chi connectivity index (χ4n) is 1.82. The van der Waals surface area contributed by atoms with Gasteiger partial charge in [0.05, 0.1) is 25.9 Å². The molecule has 1 heterocycles. The standard InChI is InChI=1S/C13H27NO4/c1-15-10-11-17-7-3-6-16-9-5-14-12-13-4-2-8-18-13/h13-14H,2-12H2,1H3. The molecule has 1 N–H and O–H groups in total. The van der Waals surface area contributed by atoms with E-state index in [1.807, 2.05) is 0 Å². The molecule has 0 aromatic rings. The Morgan fingerprint density at radius 1 is 1.11 bits per heavy atom. The van der Waals surface area contributed by atoms with Crippen LogP contribution in [0.3, 0.4) is 0 Å². The summed E-state index contributed by atoms with van der Waals surface area (Å²) in [4.78, 5) is 0. The van der Waals surface area contributed by atoms with Crippen molar-refractivity contribution in [3.8, 4) is 0 Å². The molecule has 0 aromatic carbocycles. The van der Waals surface area contributed by atoms with Crippen LogP contribution in [0.2, 0.25) is 0 Å². The van der Waals surface area contributed by atoms with Crippen LogP contribution in [-0.4, -0.2) is 65.9 Å². The van der Waals surface area contributed by atoms with E-state index in [1.54, 1.807) is 7.11 Å². The van der Waals surface area contributed by atoms with Crippen molar-refractivity contribution in [2.75, 3.05) is 59.8 Å². The van der Waals surface area contributed by atoms with Gasteiger partial charge in [0, 0.05) is 40.0 Å². The molecule has 0 bridgehead atoms. The number of rotatable bonds is 12. The first-order valence-electron chi connectivity index (χ1n) is 6.90. The van der Waals surface area contributed by atoms with E-state index in [9.17, 15) is 0 Å². The molecule has 5 heteroatoms. The number of methoxy groups -OCH3 is 1. The molecule has 1 rings (SSSR count). The lowest BCUT2D eigenvalue weighted by Crippen LogP contribution is -2.29. The maximum atomic E-state index is 5.51. The van der Waals surface area contributed by atoms with Crippen LogP contribution in [0.4, 0.5) is 0 Å². The molecule has 108 valence electrons. The second-order valence-electron chi connectivity index (χ2n) is 4.41. The van der Waals surface area contributed by atoms with Crippen molar-refractivity contribution < 1.29 is 18.9 Å². The SMILES string of the molecule is COCCOCCCOCCNCC1CCCO1. The maximum Gasteiger partial charge on any atom is 0.0700 e. The van der Waals surface area contributed by atoms with Gasteiger partial charge in [-0.3, -0.25) is 0 Å². The second kappa shape index (κ2) is 11.9. The molecule has 1 atom stereocenters. The first kappa shape index (κ1) is 15.9. The molecule has 1 aliphatic heterocycles. The maximum absolute atomic E-state index is 5.51. The molecule has 5 nitrogen and oxygen atoms in total. The molecule has 1 unspecified atom stereocenters. The van der Waals surface area contributed by atoms with E-state index < -0.39 is 0 Å². The van der Waals surface area contributed by atoms with Gasteiger partial charge in [-0.25, -0.2) is 0 Å². The third-order valence-corrected chi connectivity index (χ3v) is 2.83. The van der Waals surface area contributed by atoms with E-state index in [0.29, 0.717) is 19.3 Å². The van der Waals surface area contributed by atoms with Crippen molar-refractivity contribution in [2.24, 2.45) is 0 Å². The van der Waals surface area contributed by atoms with Gasteiger partial charge in [-0.15, -0.1) is 0 Å². The first-order chi connectivity index (χ1) is 8.93. The summed E-state index contributed by atoms with van der Waals surface area (Å²) >= 11 is 0. The average molecular weight is 261 g/mol. The molecule has 0 spiro atoms. The topological polar surface area (TPSA) is 49.0 Å². The monoisotopic (exact) mass is 261 g/mol. The largest absolute Gasteiger partial charge is 0.382 e. The molecular formula is C13H27NO4. The Kier molecular flexibility index (Phi) is 10.5. The van der Waals surface area contributed by atoms with Crippen molar-refractivity contribution in [1.82, 2.24) is 5.32 Å². The average Bonchev–Trinajstić information content (AvgIpc) is 2.89.